The van der Waals surface area contributed by atoms with Gasteiger partial charge in [-0.1, -0.05) is 18.2 Å². The van der Waals surface area contributed by atoms with Gasteiger partial charge in [-0.3, -0.25) is 0 Å². The lowest BCUT2D eigenvalue weighted by atomic mass is 10.2. The van der Waals surface area contributed by atoms with Crippen molar-refractivity contribution in [1.82, 2.24) is 5.43 Å². The van der Waals surface area contributed by atoms with Crippen molar-refractivity contribution in [3.8, 4) is 11.5 Å². The third kappa shape index (κ3) is 5.81. The van der Waals surface area contributed by atoms with Crippen LogP contribution in [0.2, 0.25) is 0 Å². The molecule has 32 heavy (non-hydrogen) atoms. The molecule has 0 atom stereocenters. The third-order valence-electron chi connectivity index (χ3n) is 3.83. The molecule has 0 aliphatic carbocycles. The van der Waals surface area contributed by atoms with E-state index in [1.54, 1.807) is 13.0 Å². The summed E-state index contributed by atoms with van der Waals surface area (Å²) in [6.07, 6.45) is -5.89. The summed E-state index contributed by atoms with van der Waals surface area (Å²) in [5.74, 6) is -6.67. The number of rotatable bonds is 9. The number of ether oxygens (including phenoxy) is 2. The van der Waals surface area contributed by atoms with E-state index in [2.05, 4.69) is 21.0 Å². The first kappa shape index (κ1) is 25.7. The Kier molecular flexibility index (Phi) is 7.97. The fourth-order valence-electron chi connectivity index (χ4n) is 2.27. The summed E-state index contributed by atoms with van der Waals surface area (Å²) in [6, 6.07) is 2.61. The zero-order valence-electron chi connectivity index (χ0n) is 16.1. The number of halogens is 9. The minimum atomic E-state index is -6.48. The van der Waals surface area contributed by atoms with Crippen molar-refractivity contribution in [2.24, 2.45) is 5.10 Å². The summed E-state index contributed by atoms with van der Waals surface area (Å²) in [7, 11) is 0. The van der Waals surface area contributed by atoms with E-state index in [9.17, 15) is 35.1 Å². The minimum absolute atomic E-state index is 0.00260. The quantitative estimate of drug-likeness (QED) is 0.178. The van der Waals surface area contributed by atoms with Gasteiger partial charge in [0.05, 0.1) is 17.3 Å². The van der Waals surface area contributed by atoms with Gasteiger partial charge in [0.25, 0.3) is 0 Å². The predicted molar refractivity (Wildman–Crippen MR) is 103 cm³/mol. The first-order valence-electron chi connectivity index (χ1n) is 8.75. The van der Waals surface area contributed by atoms with Crippen LogP contribution in [-0.2, 0) is 6.61 Å². The molecule has 2 rings (SSSR count). The van der Waals surface area contributed by atoms with Gasteiger partial charge in [-0.25, -0.2) is 9.82 Å². The molecule has 0 unspecified atom stereocenters. The zero-order chi connectivity index (χ0) is 24.2. The first-order valence-corrected chi connectivity index (χ1v) is 9.54. The number of hydrazone groups is 1. The van der Waals surface area contributed by atoms with Crippen LogP contribution in [0.3, 0.4) is 0 Å². The van der Waals surface area contributed by atoms with Gasteiger partial charge in [-0.15, -0.1) is 0 Å². The van der Waals surface area contributed by atoms with Gasteiger partial charge < -0.3 is 9.47 Å². The highest BCUT2D eigenvalue weighted by Gasteiger charge is 2.73. The van der Waals surface area contributed by atoms with Crippen LogP contribution >= 0.6 is 15.9 Å². The molecule has 0 aliphatic heterocycles. The Hall–Kier alpha value is -2.57. The predicted octanol–water partition coefficient (Wildman–Crippen LogP) is 6.28. The molecule has 0 spiro atoms. The van der Waals surface area contributed by atoms with Crippen molar-refractivity contribution in [3.63, 3.8) is 0 Å². The van der Waals surface area contributed by atoms with Crippen LogP contribution in [0.25, 0.3) is 0 Å². The van der Waals surface area contributed by atoms with Gasteiger partial charge in [0.2, 0.25) is 0 Å². The highest BCUT2D eigenvalue weighted by atomic mass is 79.9. The maximum absolute atomic E-state index is 13.8. The van der Waals surface area contributed by atoms with Gasteiger partial charge in [0.15, 0.2) is 11.5 Å². The van der Waals surface area contributed by atoms with E-state index < -0.39 is 24.0 Å². The normalized spacial score (nSPS) is 12.8. The van der Waals surface area contributed by atoms with Crippen LogP contribution in [0.5, 0.6) is 11.5 Å². The molecule has 176 valence electrons. The molecule has 13 heteroatoms. The summed E-state index contributed by atoms with van der Waals surface area (Å²) in [6.45, 7) is 1.58. The fourth-order valence-corrected chi connectivity index (χ4v) is 2.84. The second-order valence-electron chi connectivity index (χ2n) is 6.16. The third-order valence-corrected chi connectivity index (χ3v) is 4.42. The maximum Gasteiger partial charge on any atom is 0.462 e. The number of hydrogen-bond acceptors (Lipinski definition) is 4. The second-order valence-corrected chi connectivity index (χ2v) is 7.01. The number of alkyl halides is 7. The van der Waals surface area contributed by atoms with E-state index in [1.807, 2.05) is 0 Å². The Bertz CT molecular complexity index is 967. The molecule has 0 fully saturated rings. The van der Waals surface area contributed by atoms with Crippen LogP contribution in [0.4, 0.5) is 35.1 Å². The molecule has 0 amide bonds. The lowest BCUT2D eigenvalue weighted by molar-refractivity contribution is -0.361. The highest BCUT2D eigenvalue weighted by Crippen LogP contribution is 2.45. The summed E-state index contributed by atoms with van der Waals surface area (Å²) in [4.78, 5) is 0. The Morgan fingerprint density at radius 3 is 2.28 bits per heavy atom. The highest BCUT2D eigenvalue weighted by molar-refractivity contribution is 9.10. The molecular weight excluding hydrogens is 520 g/mol. The van der Waals surface area contributed by atoms with Crippen molar-refractivity contribution in [2.75, 3.05) is 6.61 Å². The van der Waals surface area contributed by atoms with E-state index >= 15 is 0 Å². The molecule has 0 heterocycles. The molecule has 0 saturated carbocycles. The average molecular weight is 535 g/mol. The van der Waals surface area contributed by atoms with Crippen molar-refractivity contribution < 1.29 is 44.6 Å². The van der Waals surface area contributed by atoms with Gasteiger partial charge in [0, 0.05) is 5.56 Å². The maximum atomic E-state index is 13.8. The van der Waals surface area contributed by atoms with E-state index in [4.69, 9.17) is 9.47 Å². The molecule has 0 radical (unpaired) electrons. The van der Waals surface area contributed by atoms with Crippen molar-refractivity contribution in [1.29, 1.82) is 0 Å². The summed E-state index contributed by atoms with van der Waals surface area (Å²) >= 11 is 3.15. The molecule has 1 N–H and O–H groups in total. The molecule has 2 aromatic carbocycles. The monoisotopic (exact) mass is 534 g/mol. The standard InChI is InChI=1S/C19H15BrF8N2O2/c1-2-31-15-8-11(9-29-30-19(27,28)17(22,23)18(24,25)26)7-13(20)16(15)32-10-12-5-3-4-6-14(12)21/h3-9,30H,2,10H2,1H3/b29-9+. The lowest BCUT2D eigenvalue weighted by Gasteiger charge is -2.27. The van der Waals surface area contributed by atoms with Crippen molar-refractivity contribution in [2.45, 2.75) is 31.7 Å². The van der Waals surface area contributed by atoms with Crippen LogP contribution in [0, 0.1) is 5.82 Å². The Labute approximate surface area is 185 Å². The number of nitrogens with one attached hydrogen (secondary N) is 1. The average Bonchev–Trinajstić information content (AvgIpc) is 2.67. The number of nitrogens with zero attached hydrogens (tertiary/aromatic N) is 1. The van der Waals surface area contributed by atoms with Gasteiger partial charge in [0.1, 0.15) is 12.4 Å². The molecule has 2 aromatic rings. The molecule has 0 aliphatic rings. The zero-order valence-corrected chi connectivity index (χ0v) is 17.7. The lowest BCUT2D eigenvalue weighted by Crippen LogP contribution is -2.58. The van der Waals surface area contributed by atoms with E-state index in [0.717, 1.165) is 0 Å². The fraction of sp³-hybridized carbons (Fsp3) is 0.316. The number of hydrogen-bond donors (Lipinski definition) is 1. The van der Waals surface area contributed by atoms with Crippen molar-refractivity contribution >= 4 is 22.1 Å². The molecule has 0 bridgehead atoms. The smallest absolute Gasteiger partial charge is 0.462 e. The molecule has 0 aromatic heterocycles. The van der Waals surface area contributed by atoms with Crippen LogP contribution in [0.1, 0.15) is 18.1 Å². The SMILES string of the molecule is CCOc1cc(/C=N/NC(F)(F)C(F)(F)C(F)(F)F)cc(Br)c1OCc1ccccc1F. The minimum Gasteiger partial charge on any atom is -0.490 e. The number of benzene rings is 2. The largest absolute Gasteiger partial charge is 0.490 e. The van der Waals surface area contributed by atoms with E-state index in [1.165, 1.54) is 30.3 Å². The van der Waals surface area contributed by atoms with Crippen LogP contribution in [0.15, 0.2) is 46.0 Å². The van der Waals surface area contributed by atoms with Crippen LogP contribution < -0.4 is 14.9 Å². The topological polar surface area (TPSA) is 42.8 Å². The summed E-state index contributed by atoms with van der Waals surface area (Å²) < 4.78 is 114. The van der Waals surface area contributed by atoms with Gasteiger partial charge in [-0.2, -0.15) is 35.8 Å². The van der Waals surface area contributed by atoms with E-state index in [0.29, 0.717) is 11.6 Å². The van der Waals surface area contributed by atoms with Crippen LogP contribution in [-0.4, -0.2) is 31.0 Å². The van der Waals surface area contributed by atoms with Gasteiger partial charge in [-0.05, 0) is 46.6 Å². The molecule has 0 saturated heterocycles. The molecule has 4 nitrogen and oxygen atoms in total. The summed E-state index contributed by atoms with van der Waals surface area (Å²) in [5.41, 5.74) is 0.767. The Balaban J connectivity index is 2.22. The second kappa shape index (κ2) is 9.92. The van der Waals surface area contributed by atoms with Crippen molar-refractivity contribution in [3.05, 3.63) is 57.8 Å². The Morgan fingerprint density at radius 1 is 1.03 bits per heavy atom. The van der Waals surface area contributed by atoms with E-state index in [-0.39, 0.29) is 40.3 Å². The first-order chi connectivity index (χ1) is 14.8. The summed E-state index contributed by atoms with van der Waals surface area (Å²) in [5, 5.41) is 2.80. The van der Waals surface area contributed by atoms with Gasteiger partial charge >= 0.3 is 18.1 Å². The molecular formula is C19H15BrF8N2O2. The Morgan fingerprint density at radius 2 is 1.69 bits per heavy atom.